The molecule has 0 aliphatic carbocycles. The van der Waals surface area contributed by atoms with Crippen LogP contribution in [0.15, 0.2) is 24.3 Å². The fraction of sp³-hybridized carbons (Fsp3) is 0.500. The van der Waals surface area contributed by atoms with Gasteiger partial charge < -0.3 is 16.0 Å². The minimum absolute atomic E-state index is 0.255. The summed E-state index contributed by atoms with van der Waals surface area (Å²) in [6, 6.07) is 7.41. The van der Waals surface area contributed by atoms with Crippen molar-refractivity contribution in [3.8, 4) is 0 Å². The van der Waals surface area contributed by atoms with Gasteiger partial charge in [0, 0.05) is 17.8 Å². The second-order valence-electron chi connectivity index (χ2n) is 4.77. The maximum absolute atomic E-state index is 11.6. The molecule has 4 nitrogen and oxygen atoms in total. The average Bonchev–Trinajstić information content (AvgIpc) is 2.34. The number of rotatable bonds is 8. The van der Waals surface area contributed by atoms with Crippen molar-refractivity contribution in [1.82, 2.24) is 4.90 Å². The SMILES string of the molecule is CN(C)CCCCC(=O)CNc1ccc(N)cc1. The minimum Gasteiger partial charge on any atom is -0.399 e. The molecule has 1 aromatic rings. The molecule has 0 saturated heterocycles. The van der Waals surface area contributed by atoms with E-state index in [1.165, 1.54) is 0 Å². The number of benzene rings is 1. The van der Waals surface area contributed by atoms with Gasteiger partial charge >= 0.3 is 0 Å². The molecule has 100 valence electrons. The summed E-state index contributed by atoms with van der Waals surface area (Å²) in [6.45, 7) is 1.44. The van der Waals surface area contributed by atoms with Gasteiger partial charge in [-0.3, -0.25) is 4.79 Å². The Labute approximate surface area is 109 Å². The Balaban J connectivity index is 2.15. The molecule has 0 saturated carbocycles. The number of nitrogens with two attached hydrogens (primary N) is 1. The van der Waals surface area contributed by atoms with E-state index >= 15 is 0 Å². The zero-order valence-corrected chi connectivity index (χ0v) is 11.3. The van der Waals surface area contributed by atoms with E-state index in [0.717, 1.165) is 30.8 Å². The number of hydrogen-bond acceptors (Lipinski definition) is 4. The molecular weight excluding hydrogens is 226 g/mol. The standard InChI is InChI=1S/C14H23N3O/c1-17(2)10-4-3-5-14(18)11-16-13-8-6-12(15)7-9-13/h6-9,16H,3-5,10-11,15H2,1-2H3. The zero-order chi connectivity index (χ0) is 13.4. The molecule has 0 aliphatic rings. The number of anilines is 2. The lowest BCUT2D eigenvalue weighted by molar-refractivity contribution is -0.117. The number of unbranched alkanes of at least 4 members (excludes halogenated alkanes) is 1. The number of nitrogen functional groups attached to an aromatic ring is 1. The minimum atomic E-state index is 0.255. The van der Waals surface area contributed by atoms with Crippen LogP contribution >= 0.6 is 0 Å². The van der Waals surface area contributed by atoms with E-state index in [9.17, 15) is 4.79 Å². The van der Waals surface area contributed by atoms with Gasteiger partial charge in [-0.1, -0.05) is 0 Å². The van der Waals surface area contributed by atoms with E-state index in [1.807, 2.05) is 38.4 Å². The summed E-state index contributed by atoms with van der Waals surface area (Å²) in [6.07, 6.45) is 2.68. The fourth-order valence-corrected chi connectivity index (χ4v) is 1.64. The van der Waals surface area contributed by atoms with Gasteiger partial charge in [0.2, 0.25) is 0 Å². The molecule has 0 aromatic heterocycles. The Bertz CT molecular complexity index is 360. The lowest BCUT2D eigenvalue weighted by Gasteiger charge is -2.09. The predicted octanol–water partition coefficient (Wildman–Crippen LogP) is 1.98. The van der Waals surface area contributed by atoms with Crippen LogP contribution in [0.4, 0.5) is 11.4 Å². The first kappa shape index (κ1) is 14.5. The van der Waals surface area contributed by atoms with Crippen molar-refractivity contribution >= 4 is 17.2 Å². The first-order valence-electron chi connectivity index (χ1n) is 6.34. The number of Topliss-reactive ketones (excluding diaryl/α,β-unsaturated/α-hetero) is 1. The summed E-state index contributed by atoms with van der Waals surface area (Å²) in [5.41, 5.74) is 7.26. The van der Waals surface area contributed by atoms with Crippen molar-refractivity contribution in [2.24, 2.45) is 0 Å². The van der Waals surface area contributed by atoms with Gasteiger partial charge in [-0.25, -0.2) is 0 Å². The van der Waals surface area contributed by atoms with Crippen LogP contribution < -0.4 is 11.1 Å². The third kappa shape index (κ3) is 6.25. The third-order valence-corrected chi connectivity index (χ3v) is 2.71. The Morgan fingerprint density at radius 3 is 2.50 bits per heavy atom. The number of carbonyl (C=O) groups is 1. The summed E-state index contributed by atoms with van der Waals surface area (Å²) < 4.78 is 0. The second kappa shape index (κ2) is 7.71. The molecule has 1 aromatic carbocycles. The Hall–Kier alpha value is -1.55. The van der Waals surface area contributed by atoms with Crippen LogP contribution in [0.5, 0.6) is 0 Å². The molecule has 0 heterocycles. The van der Waals surface area contributed by atoms with Gasteiger partial charge in [-0.15, -0.1) is 0 Å². The van der Waals surface area contributed by atoms with Crippen molar-refractivity contribution in [2.45, 2.75) is 19.3 Å². The molecule has 0 amide bonds. The summed E-state index contributed by atoms with van der Waals surface area (Å²) >= 11 is 0. The van der Waals surface area contributed by atoms with Gasteiger partial charge in [-0.2, -0.15) is 0 Å². The lowest BCUT2D eigenvalue weighted by Crippen LogP contribution is -2.15. The van der Waals surface area contributed by atoms with Gasteiger partial charge in [0.25, 0.3) is 0 Å². The monoisotopic (exact) mass is 249 g/mol. The van der Waals surface area contributed by atoms with Crippen molar-refractivity contribution < 1.29 is 4.79 Å². The molecular formula is C14H23N3O. The lowest BCUT2D eigenvalue weighted by atomic mass is 10.1. The van der Waals surface area contributed by atoms with Crippen molar-refractivity contribution in [1.29, 1.82) is 0 Å². The molecule has 0 atom stereocenters. The van der Waals surface area contributed by atoms with Crippen LogP contribution in [0.2, 0.25) is 0 Å². The first-order valence-corrected chi connectivity index (χ1v) is 6.34. The van der Waals surface area contributed by atoms with E-state index in [2.05, 4.69) is 10.2 Å². The fourth-order valence-electron chi connectivity index (χ4n) is 1.64. The molecule has 4 heteroatoms. The molecule has 0 radical (unpaired) electrons. The van der Waals surface area contributed by atoms with E-state index in [0.29, 0.717) is 13.0 Å². The number of ketones is 1. The number of hydrogen-bond donors (Lipinski definition) is 2. The molecule has 0 fully saturated rings. The van der Waals surface area contributed by atoms with E-state index in [1.54, 1.807) is 0 Å². The van der Waals surface area contributed by atoms with Gasteiger partial charge in [0.1, 0.15) is 0 Å². The molecule has 0 spiro atoms. The van der Waals surface area contributed by atoms with Crippen LogP contribution in [0.1, 0.15) is 19.3 Å². The Morgan fingerprint density at radius 1 is 1.22 bits per heavy atom. The van der Waals surface area contributed by atoms with E-state index < -0.39 is 0 Å². The zero-order valence-electron chi connectivity index (χ0n) is 11.3. The van der Waals surface area contributed by atoms with Crippen LogP contribution in [0.3, 0.4) is 0 Å². The number of nitrogens with zero attached hydrogens (tertiary/aromatic N) is 1. The summed E-state index contributed by atoms with van der Waals surface area (Å²) in [5.74, 6) is 0.255. The maximum atomic E-state index is 11.6. The second-order valence-corrected chi connectivity index (χ2v) is 4.77. The van der Waals surface area contributed by atoms with Gasteiger partial charge in [0.05, 0.1) is 6.54 Å². The van der Waals surface area contributed by atoms with Crippen LogP contribution in [0.25, 0.3) is 0 Å². The van der Waals surface area contributed by atoms with Crippen LogP contribution in [0, 0.1) is 0 Å². The first-order chi connectivity index (χ1) is 8.58. The molecule has 1 rings (SSSR count). The van der Waals surface area contributed by atoms with E-state index in [-0.39, 0.29) is 5.78 Å². The van der Waals surface area contributed by atoms with Crippen LogP contribution in [-0.4, -0.2) is 37.9 Å². The highest BCUT2D eigenvalue weighted by Crippen LogP contribution is 2.10. The molecule has 18 heavy (non-hydrogen) atoms. The number of carbonyl (C=O) groups excluding carboxylic acids is 1. The largest absolute Gasteiger partial charge is 0.399 e. The van der Waals surface area contributed by atoms with E-state index in [4.69, 9.17) is 5.73 Å². The molecule has 3 N–H and O–H groups in total. The summed E-state index contributed by atoms with van der Waals surface area (Å²) in [7, 11) is 4.09. The molecule has 0 bridgehead atoms. The van der Waals surface area contributed by atoms with Crippen LogP contribution in [-0.2, 0) is 4.79 Å². The smallest absolute Gasteiger partial charge is 0.151 e. The normalized spacial score (nSPS) is 10.6. The Kier molecular flexibility index (Phi) is 6.22. The highest BCUT2D eigenvalue weighted by atomic mass is 16.1. The topological polar surface area (TPSA) is 58.4 Å². The van der Waals surface area contributed by atoms with Gasteiger partial charge in [0.15, 0.2) is 5.78 Å². The highest BCUT2D eigenvalue weighted by molar-refractivity contribution is 5.82. The van der Waals surface area contributed by atoms with Crippen molar-refractivity contribution in [2.75, 3.05) is 38.2 Å². The number of nitrogens with one attached hydrogen (secondary N) is 1. The quantitative estimate of drug-likeness (QED) is 0.546. The average molecular weight is 249 g/mol. The maximum Gasteiger partial charge on any atom is 0.151 e. The molecule has 0 unspecified atom stereocenters. The predicted molar refractivity (Wildman–Crippen MR) is 76.8 cm³/mol. The van der Waals surface area contributed by atoms with Crippen molar-refractivity contribution in [3.05, 3.63) is 24.3 Å². The van der Waals surface area contributed by atoms with Crippen molar-refractivity contribution in [3.63, 3.8) is 0 Å². The summed E-state index contributed by atoms with van der Waals surface area (Å²) in [4.78, 5) is 13.8. The van der Waals surface area contributed by atoms with Gasteiger partial charge in [-0.05, 0) is 57.7 Å². The Morgan fingerprint density at radius 2 is 1.89 bits per heavy atom. The highest BCUT2D eigenvalue weighted by Gasteiger charge is 2.02. The summed E-state index contributed by atoms with van der Waals surface area (Å²) in [5, 5.41) is 3.11. The third-order valence-electron chi connectivity index (χ3n) is 2.71. The molecule has 0 aliphatic heterocycles.